The molecule has 2 N–H and O–H groups in total. The fourth-order valence-electron chi connectivity index (χ4n) is 3.22. The molecule has 4 rings (SSSR count). The summed E-state index contributed by atoms with van der Waals surface area (Å²) in [5.41, 5.74) is 1.71. The Morgan fingerprint density at radius 1 is 1.20 bits per heavy atom. The van der Waals surface area contributed by atoms with E-state index in [4.69, 9.17) is 9.47 Å². The van der Waals surface area contributed by atoms with Crippen LogP contribution in [0.1, 0.15) is 19.3 Å². The van der Waals surface area contributed by atoms with Crippen LogP contribution in [0.4, 0.5) is 5.82 Å². The first-order chi connectivity index (χ1) is 12.3. The fourth-order valence-corrected chi connectivity index (χ4v) is 3.22. The van der Waals surface area contributed by atoms with Crippen LogP contribution in [0.5, 0.6) is 11.5 Å². The molecule has 1 saturated heterocycles. The van der Waals surface area contributed by atoms with Crippen LogP contribution in [0.3, 0.4) is 0 Å². The van der Waals surface area contributed by atoms with Crippen LogP contribution in [0.15, 0.2) is 36.4 Å². The van der Waals surface area contributed by atoms with Gasteiger partial charge in [-0.3, -0.25) is 4.79 Å². The molecule has 130 valence electrons. The van der Waals surface area contributed by atoms with E-state index in [0.717, 1.165) is 42.1 Å². The molecule has 0 radical (unpaired) electrons. The third-order valence-electron chi connectivity index (χ3n) is 4.45. The molecule has 1 atom stereocenters. The van der Waals surface area contributed by atoms with Gasteiger partial charge in [-0.05, 0) is 49.7 Å². The van der Waals surface area contributed by atoms with Crippen molar-refractivity contribution in [3.05, 3.63) is 36.4 Å². The van der Waals surface area contributed by atoms with Crippen molar-refractivity contribution in [3.8, 4) is 22.8 Å². The summed E-state index contributed by atoms with van der Waals surface area (Å²) in [6.07, 6.45) is 2.67. The van der Waals surface area contributed by atoms with Crippen LogP contribution in [-0.2, 0) is 4.79 Å². The summed E-state index contributed by atoms with van der Waals surface area (Å²) < 4.78 is 11.2. The van der Waals surface area contributed by atoms with E-state index in [1.54, 1.807) is 0 Å². The van der Waals surface area contributed by atoms with Gasteiger partial charge in [-0.15, -0.1) is 0 Å². The number of ether oxygens (including phenoxy) is 2. The molecule has 6 nitrogen and oxygen atoms in total. The highest BCUT2D eigenvalue weighted by molar-refractivity contribution is 5.90. The van der Waals surface area contributed by atoms with E-state index >= 15 is 0 Å². The minimum Gasteiger partial charge on any atom is -0.486 e. The number of amides is 1. The molecule has 2 aliphatic heterocycles. The number of nitrogens with zero attached hydrogens (tertiary/aromatic N) is 1. The van der Waals surface area contributed by atoms with Crippen LogP contribution in [0.2, 0.25) is 0 Å². The number of aromatic nitrogens is 1. The quantitative estimate of drug-likeness (QED) is 0.896. The number of pyridine rings is 1. The summed E-state index contributed by atoms with van der Waals surface area (Å²) in [5.74, 6) is 2.04. The Balaban J connectivity index is 1.48. The van der Waals surface area contributed by atoms with E-state index in [0.29, 0.717) is 25.5 Å². The number of rotatable bonds is 4. The van der Waals surface area contributed by atoms with Crippen LogP contribution in [0.25, 0.3) is 11.3 Å². The molecule has 25 heavy (non-hydrogen) atoms. The molecule has 3 heterocycles. The van der Waals surface area contributed by atoms with E-state index < -0.39 is 0 Å². The first-order valence-corrected chi connectivity index (χ1v) is 8.68. The molecule has 6 heteroatoms. The lowest BCUT2D eigenvalue weighted by atomic mass is 10.1. The second-order valence-corrected chi connectivity index (χ2v) is 6.31. The van der Waals surface area contributed by atoms with Crippen molar-refractivity contribution < 1.29 is 14.3 Å². The van der Waals surface area contributed by atoms with Gasteiger partial charge in [0.1, 0.15) is 19.0 Å². The molecular formula is C19H21N3O3. The van der Waals surface area contributed by atoms with Crippen LogP contribution in [0, 0.1) is 0 Å². The number of hydrogen-bond acceptors (Lipinski definition) is 5. The molecule has 1 aromatic heterocycles. The van der Waals surface area contributed by atoms with Crippen molar-refractivity contribution in [1.29, 1.82) is 0 Å². The number of anilines is 1. The van der Waals surface area contributed by atoms with E-state index in [1.807, 2.05) is 36.4 Å². The van der Waals surface area contributed by atoms with Gasteiger partial charge in [0.25, 0.3) is 0 Å². The van der Waals surface area contributed by atoms with Gasteiger partial charge >= 0.3 is 0 Å². The van der Waals surface area contributed by atoms with Crippen molar-refractivity contribution in [2.24, 2.45) is 0 Å². The Morgan fingerprint density at radius 2 is 2.08 bits per heavy atom. The Hall–Kier alpha value is -2.60. The lowest BCUT2D eigenvalue weighted by Gasteiger charge is -2.18. The van der Waals surface area contributed by atoms with Gasteiger partial charge in [-0.1, -0.05) is 6.07 Å². The fraction of sp³-hybridized carbons (Fsp3) is 0.368. The Morgan fingerprint density at radius 3 is 2.92 bits per heavy atom. The normalized spacial score (nSPS) is 18.8. The standard InChI is InChI=1S/C19H21N3O3/c23-19(12-14-3-2-8-20-14)22-18-5-1-4-15(21-18)13-6-7-16-17(11-13)25-10-9-24-16/h1,4-7,11,14,20H,2-3,8-10,12H2,(H,21,22,23). The third kappa shape index (κ3) is 3.74. The van der Waals surface area contributed by atoms with Gasteiger partial charge in [0.15, 0.2) is 11.5 Å². The molecule has 1 unspecified atom stereocenters. The van der Waals surface area contributed by atoms with Crippen LogP contribution >= 0.6 is 0 Å². The second-order valence-electron chi connectivity index (χ2n) is 6.31. The summed E-state index contributed by atoms with van der Waals surface area (Å²) in [6, 6.07) is 11.7. The highest BCUT2D eigenvalue weighted by atomic mass is 16.6. The highest BCUT2D eigenvalue weighted by Crippen LogP contribution is 2.34. The average Bonchev–Trinajstić information content (AvgIpc) is 3.14. The maximum absolute atomic E-state index is 12.2. The van der Waals surface area contributed by atoms with Crippen molar-refractivity contribution in [1.82, 2.24) is 10.3 Å². The molecule has 0 aliphatic carbocycles. The molecule has 1 aromatic carbocycles. The smallest absolute Gasteiger partial charge is 0.227 e. The summed E-state index contributed by atoms with van der Waals surface area (Å²) in [6.45, 7) is 2.12. The van der Waals surface area contributed by atoms with Crippen molar-refractivity contribution in [2.75, 3.05) is 25.1 Å². The number of benzene rings is 1. The molecule has 2 aromatic rings. The monoisotopic (exact) mass is 339 g/mol. The minimum absolute atomic E-state index is 0.00813. The number of hydrogen-bond donors (Lipinski definition) is 2. The summed E-state index contributed by atoms with van der Waals surface area (Å²) in [5, 5.41) is 6.23. The topological polar surface area (TPSA) is 72.5 Å². The van der Waals surface area contributed by atoms with E-state index in [1.165, 1.54) is 0 Å². The molecular weight excluding hydrogens is 318 g/mol. The number of carbonyl (C=O) groups is 1. The van der Waals surface area contributed by atoms with Crippen LogP contribution < -0.4 is 20.1 Å². The third-order valence-corrected chi connectivity index (χ3v) is 4.45. The SMILES string of the molecule is O=C(CC1CCCN1)Nc1cccc(-c2ccc3c(c2)OCCO3)n1. The Labute approximate surface area is 146 Å². The lowest BCUT2D eigenvalue weighted by molar-refractivity contribution is -0.116. The van der Waals surface area contributed by atoms with Crippen molar-refractivity contribution in [2.45, 2.75) is 25.3 Å². The second kappa shape index (κ2) is 7.11. The predicted octanol–water partition coefficient (Wildman–Crippen LogP) is 2.60. The predicted molar refractivity (Wildman–Crippen MR) is 94.9 cm³/mol. The summed E-state index contributed by atoms with van der Waals surface area (Å²) in [7, 11) is 0. The molecule has 1 fully saturated rings. The van der Waals surface area contributed by atoms with Crippen molar-refractivity contribution in [3.63, 3.8) is 0 Å². The largest absolute Gasteiger partial charge is 0.486 e. The van der Waals surface area contributed by atoms with Gasteiger partial charge in [0.2, 0.25) is 5.91 Å². The number of nitrogens with one attached hydrogen (secondary N) is 2. The highest BCUT2D eigenvalue weighted by Gasteiger charge is 2.18. The lowest BCUT2D eigenvalue weighted by Crippen LogP contribution is -2.27. The van der Waals surface area contributed by atoms with Gasteiger partial charge in [-0.25, -0.2) is 4.98 Å². The van der Waals surface area contributed by atoms with E-state index in [2.05, 4.69) is 15.6 Å². The van der Waals surface area contributed by atoms with Gasteiger partial charge < -0.3 is 20.1 Å². The maximum atomic E-state index is 12.2. The summed E-state index contributed by atoms with van der Waals surface area (Å²) >= 11 is 0. The molecule has 0 saturated carbocycles. The van der Waals surface area contributed by atoms with Crippen molar-refractivity contribution >= 4 is 11.7 Å². The first-order valence-electron chi connectivity index (χ1n) is 8.68. The van der Waals surface area contributed by atoms with Gasteiger partial charge in [-0.2, -0.15) is 0 Å². The van der Waals surface area contributed by atoms with Gasteiger partial charge in [0, 0.05) is 18.0 Å². The Bertz CT molecular complexity index is 772. The zero-order valence-corrected chi connectivity index (χ0v) is 14.0. The zero-order chi connectivity index (χ0) is 17.1. The van der Waals surface area contributed by atoms with E-state index in [-0.39, 0.29) is 11.9 Å². The molecule has 0 bridgehead atoms. The number of carbonyl (C=O) groups excluding carboxylic acids is 1. The first kappa shape index (κ1) is 15.9. The molecule has 2 aliphatic rings. The minimum atomic E-state index is -0.00813. The van der Waals surface area contributed by atoms with E-state index in [9.17, 15) is 4.79 Å². The Kier molecular flexibility index (Phi) is 4.52. The molecule has 0 spiro atoms. The zero-order valence-electron chi connectivity index (χ0n) is 14.0. The number of fused-ring (bicyclic) bond motifs is 1. The summed E-state index contributed by atoms with van der Waals surface area (Å²) in [4.78, 5) is 16.7. The average molecular weight is 339 g/mol. The maximum Gasteiger partial charge on any atom is 0.227 e. The van der Waals surface area contributed by atoms with Gasteiger partial charge in [0.05, 0.1) is 5.69 Å². The molecule has 1 amide bonds. The van der Waals surface area contributed by atoms with Crippen LogP contribution in [-0.4, -0.2) is 36.7 Å².